The van der Waals surface area contributed by atoms with E-state index < -0.39 is 0 Å². The second-order valence-corrected chi connectivity index (χ2v) is 4.70. The van der Waals surface area contributed by atoms with Gasteiger partial charge in [0, 0.05) is 18.7 Å². The molecular weight excluding hydrogens is 226 g/mol. The summed E-state index contributed by atoms with van der Waals surface area (Å²) in [7, 11) is 0. The Balaban J connectivity index is 2.23. The molecule has 96 valence electrons. The van der Waals surface area contributed by atoms with Crippen LogP contribution in [-0.4, -0.2) is 26.7 Å². The van der Waals surface area contributed by atoms with Crippen molar-refractivity contribution >= 4 is 0 Å². The number of aryl methyl sites for hydroxylation is 1. The van der Waals surface area contributed by atoms with Crippen LogP contribution >= 0.6 is 0 Å². The van der Waals surface area contributed by atoms with Gasteiger partial charge in [0.15, 0.2) is 0 Å². The van der Waals surface area contributed by atoms with Crippen molar-refractivity contribution in [3.05, 3.63) is 36.0 Å². The van der Waals surface area contributed by atoms with E-state index in [1.54, 1.807) is 6.20 Å². The van der Waals surface area contributed by atoms with E-state index in [0.717, 1.165) is 11.3 Å². The summed E-state index contributed by atoms with van der Waals surface area (Å²) in [4.78, 5) is 0. The number of rotatable bonds is 5. The zero-order chi connectivity index (χ0) is 13.0. The molecule has 1 N–H and O–H groups in total. The molecule has 1 heterocycles. The molecule has 0 fully saturated rings. The highest BCUT2D eigenvalue weighted by Crippen LogP contribution is 2.21. The first-order valence-electron chi connectivity index (χ1n) is 6.32. The molecule has 4 heteroatoms. The van der Waals surface area contributed by atoms with Gasteiger partial charge in [-0.25, -0.2) is 4.68 Å². The normalized spacial score (nSPS) is 11.1. The minimum atomic E-state index is 0.172. The Morgan fingerprint density at radius 2 is 1.94 bits per heavy atom. The highest BCUT2D eigenvalue weighted by atomic mass is 16.3. The number of benzene rings is 1. The van der Waals surface area contributed by atoms with Gasteiger partial charge in [0.2, 0.25) is 0 Å². The van der Waals surface area contributed by atoms with Crippen molar-refractivity contribution in [3.8, 4) is 11.3 Å². The maximum absolute atomic E-state index is 8.86. The lowest BCUT2D eigenvalue weighted by molar-refractivity contribution is 0.276. The van der Waals surface area contributed by atoms with Crippen LogP contribution in [-0.2, 0) is 6.54 Å². The summed E-state index contributed by atoms with van der Waals surface area (Å²) in [5.74, 6) is 0.538. The molecule has 0 spiro atoms. The number of nitrogens with zero attached hydrogens (tertiary/aromatic N) is 3. The van der Waals surface area contributed by atoms with Crippen LogP contribution in [0.4, 0.5) is 0 Å². The summed E-state index contributed by atoms with van der Waals surface area (Å²) < 4.78 is 1.83. The van der Waals surface area contributed by atoms with Gasteiger partial charge in [0.25, 0.3) is 0 Å². The van der Waals surface area contributed by atoms with Crippen LogP contribution < -0.4 is 0 Å². The fourth-order valence-corrected chi connectivity index (χ4v) is 1.91. The lowest BCUT2D eigenvalue weighted by Crippen LogP contribution is -2.04. The van der Waals surface area contributed by atoms with Gasteiger partial charge < -0.3 is 5.11 Å². The van der Waals surface area contributed by atoms with Crippen molar-refractivity contribution < 1.29 is 5.11 Å². The number of hydrogen-bond donors (Lipinski definition) is 1. The van der Waals surface area contributed by atoms with Crippen LogP contribution in [0.2, 0.25) is 0 Å². The fraction of sp³-hybridized carbons (Fsp3) is 0.429. The molecule has 1 aromatic carbocycles. The van der Waals surface area contributed by atoms with Crippen LogP contribution in [0.25, 0.3) is 11.3 Å². The second-order valence-electron chi connectivity index (χ2n) is 4.70. The maximum Gasteiger partial charge on any atom is 0.0885 e. The molecule has 2 rings (SSSR count). The van der Waals surface area contributed by atoms with E-state index >= 15 is 0 Å². The third kappa shape index (κ3) is 2.76. The van der Waals surface area contributed by atoms with Crippen molar-refractivity contribution in [3.63, 3.8) is 0 Å². The van der Waals surface area contributed by atoms with Gasteiger partial charge in [0.1, 0.15) is 0 Å². The molecule has 0 unspecified atom stereocenters. The van der Waals surface area contributed by atoms with Gasteiger partial charge in [-0.3, -0.25) is 0 Å². The molecule has 0 saturated heterocycles. The van der Waals surface area contributed by atoms with E-state index in [1.165, 1.54) is 5.56 Å². The number of aromatic nitrogens is 3. The Kier molecular flexibility index (Phi) is 4.10. The van der Waals surface area contributed by atoms with Gasteiger partial charge in [0.05, 0.1) is 11.9 Å². The fourth-order valence-electron chi connectivity index (χ4n) is 1.91. The average molecular weight is 245 g/mol. The largest absolute Gasteiger partial charge is 0.396 e. The first kappa shape index (κ1) is 12.8. The minimum Gasteiger partial charge on any atom is -0.396 e. The molecule has 0 aliphatic heterocycles. The van der Waals surface area contributed by atoms with Gasteiger partial charge in [-0.1, -0.05) is 43.3 Å². The Morgan fingerprint density at radius 3 is 2.56 bits per heavy atom. The maximum atomic E-state index is 8.86. The third-order valence-electron chi connectivity index (χ3n) is 3.02. The predicted molar refractivity (Wildman–Crippen MR) is 71.2 cm³/mol. The van der Waals surface area contributed by atoms with Gasteiger partial charge >= 0.3 is 0 Å². The third-order valence-corrected chi connectivity index (χ3v) is 3.02. The summed E-state index contributed by atoms with van der Waals surface area (Å²) in [6, 6.07) is 8.49. The highest BCUT2D eigenvalue weighted by molar-refractivity contribution is 5.58. The van der Waals surface area contributed by atoms with Crippen LogP contribution in [0.15, 0.2) is 30.5 Å². The molecule has 0 radical (unpaired) electrons. The van der Waals surface area contributed by atoms with Crippen molar-refractivity contribution in [2.24, 2.45) is 0 Å². The van der Waals surface area contributed by atoms with Crippen LogP contribution in [0.1, 0.15) is 31.7 Å². The minimum absolute atomic E-state index is 0.172. The smallest absolute Gasteiger partial charge is 0.0885 e. The lowest BCUT2D eigenvalue weighted by atomic mass is 10.0. The Bertz CT molecular complexity index is 488. The van der Waals surface area contributed by atoms with Crippen molar-refractivity contribution in [1.82, 2.24) is 15.0 Å². The molecule has 0 atom stereocenters. The zero-order valence-electron chi connectivity index (χ0n) is 10.9. The summed E-state index contributed by atoms with van der Waals surface area (Å²) in [6.45, 7) is 5.23. The molecule has 2 aromatic rings. The van der Waals surface area contributed by atoms with Crippen LogP contribution in [0.3, 0.4) is 0 Å². The molecule has 0 aliphatic rings. The molecule has 0 bridgehead atoms. The highest BCUT2D eigenvalue weighted by Gasteiger charge is 2.07. The Hall–Kier alpha value is -1.68. The van der Waals surface area contributed by atoms with E-state index in [-0.39, 0.29) is 6.61 Å². The average Bonchev–Trinajstić information content (AvgIpc) is 2.84. The Morgan fingerprint density at radius 1 is 1.22 bits per heavy atom. The molecule has 1 aromatic heterocycles. The SMILES string of the molecule is CC(C)c1ccc(-c2cnnn2CCCO)cc1. The first-order valence-corrected chi connectivity index (χ1v) is 6.32. The summed E-state index contributed by atoms with van der Waals surface area (Å²) >= 11 is 0. The molecule has 0 saturated carbocycles. The summed E-state index contributed by atoms with van der Waals surface area (Å²) in [6.07, 6.45) is 2.46. The van der Waals surface area contributed by atoms with Crippen molar-refractivity contribution in [2.45, 2.75) is 32.7 Å². The quantitative estimate of drug-likeness (QED) is 0.880. The van der Waals surface area contributed by atoms with Gasteiger partial charge in [-0.05, 0) is 17.9 Å². The summed E-state index contributed by atoms with van der Waals surface area (Å²) in [5.41, 5.74) is 3.44. The van der Waals surface area contributed by atoms with Crippen molar-refractivity contribution in [2.75, 3.05) is 6.61 Å². The van der Waals surface area contributed by atoms with E-state index in [2.05, 4.69) is 48.4 Å². The molecule has 0 aliphatic carbocycles. The monoisotopic (exact) mass is 245 g/mol. The van der Waals surface area contributed by atoms with Crippen LogP contribution in [0, 0.1) is 0 Å². The van der Waals surface area contributed by atoms with E-state index in [1.807, 2.05) is 4.68 Å². The number of aliphatic hydroxyl groups is 1. The van der Waals surface area contributed by atoms with E-state index in [0.29, 0.717) is 18.9 Å². The second kappa shape index (κ2) is 5.78. The molecular formula is C14H19N3O. The standard InChI is InChI=1S/C14H19N3O/c1-11(2)12-4-6-13(7-5-12)14-10-15-16-17(14)8-3-9-18/h4-7,10-11,18H,3,8-9H2,1-2H3. The molecule has 18 heavy (non-hydrogen) atoms. The molecule has 4 nitrogen and oxygen atoms in total. The lowest BCUT2D eigenvalue weighted by Gasteiger charge is -2.08. The predicted octanol–water partition coefficient (Wildman–Crippen LogP) is 2.45. The summed E-state index contributed by atoms with van der Waals surface area (Å²) in [5, 5.41) is 16.8. The number of hydrogen-bond acceptors (Lipinski definition) is 3. The van der Waals surface area contributed by atoms with E-state index in [4.69, 9.17) is 5.11 Å². The van der Waals surface area contributed by atoms with Crippen molar-refractivity contribution in [1.29, 1.82) is 0 Å². The van der Waals surface area contributed by atoms with Gasteiger partial charge in [-0.15, -0.1) is 5.10 Å². The topological polar surface area (TPSA) is 50.9 Å². The number of aliphatic hydroxyl groups excluding tert-OH is 1. The zero-order valence-corrected chi connectivity index (χ0v) is 10.9. The van der Waals surface area contributed by atoms with Crippen LogP contribution in [0.5, 0.6) is 0 Å². The molecule has 0 amide bonds. The van der Waals surface area contributed by atoms with Gasteiger partial charge in [-0.2, -0.15) is 0 Å². The Labute approximate surface area is 107 Å². The first-order chi connectivity index (χ1) is 8.72. The van der Waals surface area contributed by atoms with E-state index in [9.17, 15) is 0 Å².